The number of rotatable bonds is 6. The first-order valence-corrected chi connectivity index (χ1v) is 9.18. The van der Waals surface area contributed by atoms with Gasteiger partial charge >= 0.3 is 5.97 Å². The van der Waals surface area contributed by atoms with E-state index >= 15 is 0 Å². The quantitative estimate of drug-likeness (QED) is 0.682. The van der Waals surface area contributed by atoms with Gasteiger partial charge in [0.25, 0.3) is 11.5 Å². The summed E-state index contributed by atoms with van der Waals surface area (Å²) in [5.41, 5.74) is 0.518. The van der Waals surface area contributed by atoms with Crippen LogP contribution >= 0.6 is 0 Å². The van der Waals surface area contributed by atoms with Crippen LogP contribution < -0.4 is 16.2 Å². The Balaban J connectivity index is 1.65. The zero-order valence-electron chi connectivity index (χ0n) is 15.8. The van der Waals surface area contributed by atoms with Gasteiger partial charge in [-0.2, -0.15) is 0 Å². The first-order chi connectivity index (χ1) is 13.4. The molecule has 0 saturated carbocycles. The highest BCUT2D eigenvalue weighted by atomic mass is 16.5. The fourth-order valence-corrected chi connectivity index (χ4v) is 3.10. The Morgan fingerprint density at radius 1 is 1.32 bits per heavy atom. The van der Waals surface area contributed by atoms with Crippen LogP contribution in [0.25, 0.3) is 10.9 Å². The van der Waals surface area contributed by atoms with Gasteiger partial charge < -0.3 is 15.4 Å². The van der Waals surface area contributed by atoms with E-state index in [2.05, 4.69) is 15.6 Å². The molecule has 0 spiro atoms. The van der Waals surface area contributed by atoms with Crippen LogP contribution in [0.1, 0.15) is 36.5 Å². The van der Waals surface area contributed by atoms with Crippen LogP contribution in [0.4, 0.5) is 0 Å². The first kappa shape index (κ1) is 19.5. The molecule has 148 valence electrons. The number of amides is 2. The van der Waals surface area contributed by atoms with E-state index in [1.807, 2.05) is 0 Å². The SMILES string of the molecule is CCNC(=O)[C@H](C)NC(=O)COC(=O)c1ccc2c(=O)n3c(nc2c1)CCC3. The third-order valence-electron chi connectivity index (χ3n) is 4.51. The molecule has 2 amide bonds. The van der Waals surface area contributed by atoms with Crippen LogP contribution in [0.3, 0.4) is 0 Å². The highest BCUT2D eigenvalue weighted by Gasteiger charge is 2.19. The molecule has 0 aliphatic carbocycles. The van der Waals surface area contributed by atoms with Gasteiger partial charge in [-0.25, -0.2) is 9.78 Å². The molecule has 2 aromatic rings. The molecule has 1 aliphatic heterocycles. The Hall–Kier alpha value is -3.23. The van der Waals surface area contributed by atoms with Gasteiger partial charge in [-0.05, 0) is 38.5 Å². The number of fused-ring (bicyclic) bond motifs is 2. The highest BCUT2D eigenvalue weighted by Crippen LogP contribution is 2.16. The van der Waals surface area contributed by atoms with E-state index < -0.39 is 24.5 Å². The van der Waals surface area contributed by atoms with E-state index in [4.69, 9.17) is 4.74 Å². The monoisotopic (exact) mass is 386 g/mol. The number of carbonyl (C=O) groups excluding carboxylic acids is 3. The molecule has 0 fully saturated rings. The topological polar surface area (TPSA) is 119 Å². The van der Waals surface area contributed by atoms with Crippen molar-refractivity contribution >= 4 is 28.7 Å². The van der Waals surface area contributed by atoms with Gasteiger partial charge in [0.05, 0.1) is 16.5 Å². The zero-order chi connectivity index (χ0) is 20.3. The Bertz CT molecular complexity index is 998. The fourth-order valence-electron chi connectivity index (χ4n) is 3.10. The van der Waals surface area contributed by atoms with E-state index in [0.29, 0.717) is 29.8 Å². The van der Waals surface area contributed by atoms with E-state index in [9.17, 15) is 19.2 Å². The van der Waals surface area contributed by atoms with Crippen molar-refractivity contribution in [3.8, 4) is 0 Å². The van der Waals surface area contributed by atoms with Gasteiger partial charge in [0.1, 0.15) is 11.9 Å². The molecule has 0 radical (unpaired) electrons. The van der Waals surface area contributed by atoms with Crippen molar-refractivity contribution in [2.24, 2.45) is 0 Å². The molecule has 1 atom stereocenters. The number of hydrogen-bond acceptors (Lipinski definition) is 6. The molecule has 0 bridgehead atoms. The lowest BCUT2D eigenvalue weighted by Crippen LogP contribution is -2.46. The number of ether oxygens (including phenoxy) is 1. The molecule has 28 heavy (non-hydrogen) atoms. The predicted octanol–water partition coefficient (Wildman–Crippen LogP) is 0.140. The number of likely N-dealkylation sites (N-methyl/N-ethyl adjacent to an activating group) is 1. The van der Waals surface area contributed by atoms with Crippen molar-refractivity contribution in [2.45, 2.75) is 39.3 Å². The van der Waals surface area contributed by atoms with Gasteiger partial charge in [-0.15, -0.1) is 0 Å². The number of carbonyl (C=O) groups is 3. The Morgan fingerprint density at radius 2 is 2.11 bits per heavy atom. The second kappa shape index (κ2) is 8.20. The Morgan fingerprint density at radius 3 is 2.86 bits per heavy atom. The van der Waals surface area contributed by atoms with Crippen LogP contribution in [-0.4, -0.2) is 46.5 Å². The second-order valence-electron chi connectivity index (χ2n) is 6.58. The number of benzene rings is 1. The summed E-state index contributed by atoms with van der Waals surface area (Å²) in [5.74, 6) is -0.893. The average molecular weight is 386 g/mol. The van der Waals surface area contributed by atoms with Crippen molar-refractivity contribution in [2.75, 3.05) is 13.2 Å². The second-order valence-corrected chi connectivity index (χ2v) is 6.58. The van der Waals surface area contributed by atoms with Crippen molar-refractivity contribution in [3.63, 3.8) is 0 Å². The average Bonchev–Trinajstić information content (AvgIpc) is 3.14. The summed E-state index contributed by atoms with van der Waals surface area (Å²) < 4.78 is 6.66. The van der Waals surface area contributed by atoms with Crippen molar-refractivity contribution in [3.05, 3.63) is 39.9 Å². The minimum Gasteiger partial charge on any atom is -0.452 e. The van der Waals surface area contributed by atoms with E-state index in [1.54, 1.807) is 17.6 Å². The van der Waals surface area contributed by atoms with Crippen LogP contribution in [0.5, 0.6) is 0 Å². The number of aromatic nitrogens is 2. The standard InChI is InChI=1S/C19H22N4O5/c1-3-20-17(25)11(2)21-16(24)10-28-19(27)12-6-7-13-14(9-12)22-15-5-4-8-23(15)18(13)26/h6-7,9,11H,3-5,8,10H2,1-2H3,(H,20,25)(H,21,24)/t11-/m0/s1. The molecular formula is C19H22N4O5. The summed E-state index contributed by atoms with van der Waals surface area (Å²) in [6.07, 6.45) is 1.60. The molecule has 1 aromatic carbocycles. The van der Waals surface area contributed by atoms with Crippen molar-refractivity contribution in [1.29, 1.82) is 0 Å². The summed E-state index contributed by atoms with van der Waals surface area (Å²) in [5, 5.41) is 5.48. The van der Waals surface area contributed by atoms with Gasteiger partial charge in [0, 0.05) is 19.5 Å². The third kappa shape index (κ3) is 4.03. The smallest absolute Gasteiger partial charge is 0.338 e. The number of nitrogens with zero attached hydrogens (tertiary/aromatic N) is 2. The number of esters is 1. The maximum atomic E-state index is 12.4. The van der Waals surface area contributed by atoms with Gasteiger partial charge in [0.2, 0.25) is 5.91 Å². The number of hydrogen-bond donors (Lipinski definition) is 2. The van der Waals surface area contributed by atoms with Gasteiger partial charge in [-0.1, -0.05) is 0 Å². The third-order valence-corrected chi connectivity index (χ3v) is 4.51. The highest BCUT2D eigenvalue weighted by molar-refractivity contribution is 5.95. The van der Waals surface area contributed by atoms with Crippen LogP contribution in [0.15, 0.2) is 23.0 Å². The number of nitrogens with one attached hydrogen (secondary N) is 2. The molecule has 3 rings (SSSR count). The lowest BCUT2D eigenvalue weighted by Gasteiger charge is -2.13. The molecule has 2 heterocycles. The Kier molecular flexibility index (Phi) is 5.72. The van der Waals surface area contributed by atoms with E-state index in [-0.39, 0.29) is 17.0 Å². The molecule has 1 aliphatic rings. The van der Waals surface area contributed by atoms with Crippen molar-refractivity contribution < 1.29 is 19.1 Å². The molecule has 0 saturated heterocycles. The normalized spacial score (nSPS) is 13.6. The van der Waals surface area contributed by atoms with E-state index in [0.717, 1.165) is 12.8 Å². The fraction of sp³-hybridized carbons (Fsp3) is 0.421. The summed E-state index contributed by atoms with van der Waals surface area (Å²) in [6, 6.07) is 3.79. The minimum absolute atomic E-state index is 0.115. The number of aryl methyl sites for hydroxylation is 1. The maximum Gasteiger partial charge on any atom is 0.338 e. The first-order valence-electron chi connectivity index (χ1n) is 9.18. The predicted molar refractivity (Wildman–Crippen MR) is 101 cm³/mol. The summed E-state index contributed by atoms with van der Waals surface area (Å²) in [4.78, 5) is 52.6. The zero-order valence-corrected chi connectivity index (χ0v) is 15.8. The van der Waals surface area contributed by atoms with Crippen LogP contribution in [0, 0.1) is 0 Å². The van der Waals surface area contributed by atoms with Gasteiger partial charge in [0.15, 0.2) is 6.61 Å². The molecule has 0 unspecified atom stereocenters. The van der Waals surface area contributed by atoms with Crippen LogP contribution in [0.2, 0.25) is 0 Å². The maximum absolute atomic E-state index is 12.4. The van der Waals surface area contributed by atoms with Crippen molar-refractivity contribution in [1.82, 2.24) is 20.2 Å². The van der Waals surface area contributed by atoms with Crippen LogP contribution in [-0.2, 0) is 27.3 Å². The Labute approximate surface area is 161 Å². The summed E-state index contributed by atoms with van der Waals surface area (Å²) >= 11 is 0. The summed E-state index contributed by atoms with van der Waals surface area (Å²) in [7, 11) is 0. The lowest BCUT2D eigenvalue weighted by atomic mass is 10.1. The van der Waals surface area contributed by atoms with Gasteiger partial charge in [-0.3, -0.25) is 19.0 Å². The largest absolute Gasteiger partial charge is 0.452 e. The molecule has 9 nitrogen and oxygen atoms in total. The molecule has 9 heteroatoms. The molecule has 1 aromatic heterocycles. The summed E-state index contributed by atoms with van der Waals surface area (Å²) in [6.45, 7) is 3.91. The molecule has 2 N–H and O–H groups in total. The molecular weight excluding hydrogens is 364 g/mol. The van der Waals surface area contributed by atoms with E-state index in [1.165, 1.54) is 19.1 Å². The minimum atomic E-state index is -0.730. The lowest BCUT2D eigenvalue weighted by molar-refractivity contribution is -0.130.